The van der Waals surface area contributed by atoms with Crippen LogP contribution >= 0.6 is 11.6 Å². The van der Waals surface area contributed by atoms with Crippen molar-refractivity contribution in [2.75, 3.05) is 7.11 Å². The van der Waals surface area contributed by atoms with Crippen LogP contribution in [-0.2, 0) is 6.61 Å². The molecule has 1 aliphatic carbocycles. The Hall–Kier alpha value is -3.82. The normalized spacial score (nSPS) is 12.1. The monoisotopic (exact) mass is 452 g/mol. The second kappa shape index (κ2) is 8.97. The Morgan fingerprint density at radius 1 is 0.758 bits per heavy atom. The molecule has 0 radical (unpaired) electrons. The van der Waals surface area contributed by atoms with Crippen LogP contribution in [0, 0.1) is 0 Å². The standard InChI is InChI=1S/C29H21ClO3/c1-32-28-17-19(14-15-27(28)33-18-20-8-2-7-13-26(20)30)16-25-21-9-3-5-11-23(21)29(31)24-12-6-4-10-22(24)25/h2-17H,18H2,1H3. The predicted octanol–water partition coefficient (Wildman–Crippen LogP) is 7.06. The number of benzene rings is 4. The topological polar surface area (TPSA) is 35.5 Å². The van der Waals surface area contributed by atoms with Crippen LogP contribution < -0.4 is 9.47 Å². The Morgan fingerprint density at radius 2 is 1.36 bits per heavy atom. The molecule has 0 unspecified atom stereocenters. The number of ketones is 1. The van der Waals surface area contributed by atoms with E-state index in [-0.39, 0.29) is 5.78 Å². The molecule has 4 aromatic rings. The number of hydrogen-bond donors (Lipinski definition) is 0. The summed E-state index contributed by atoms with van der Waals surface area (Å²) in [6.45, 7) is 0.347. The third kappa shape index (κ3) is 4.04. The molecule has 0 heterocycles. The summed E-state index contributed by atoms with van der Waals surface area (Å²) in [5, 5.41) is 0.669. The first-order valence-electron chi connectivity index (χ1n) is 10.6. The van der Waals surface area contributed by atoms with Gasteiger partial charge in [0, 0.05) is 21.7 Å². The molecule has 1 aliphatic rings. The molecule has 0 aliphatic heterocycles. The van der Waals surface area contributed by atoms with Crippen molar-refractivity contribution < 1.29 is 14.3 Å². The van der Waals surface area contributed by atoms with Crippen molar-refractivity contribution in [1.29, 1.82) is 0 Å². The maximum absolute atomic E-state index is 13.0. The average Bonchev–Trinajstić information content (AvgIpc) is 2.86. The van der Waals surface area contributed by atoms with Crippen molar-refractivity contribution in [1.82, 2.24) is 0 Å². The SMILES string of the molecule is COc1cc(C=C2c3ccccc3C(=O)c3ccccc32)ccc1OCc1ccccc1Cl. The van der Waals surface area contributed by atoms with Gasteiger partial charge in [0.25, 0.3) is 0 Å². The van der Waals surface area contributed by atoms with E-state index >= 15 is 0 Å². The van der Waals surface area contributed by atoms with Crippen molar-refractivity contribution in [3.05, 3.63) is 129 Å². The molecule has 4 heteroatoms. The van der Waals surface area contributed by atoms with Crippen molar-refractivity contribution in [2.24, 2.45) is 0 Å². The minimum absolute atomic E-state index is 0.0549. The Bertz CT molecular complexity index is 1340. The second-order valence-electron chi connectivity index (χ2n) is 7.77. The minimum atomic E-state index is 0.0549. The summed E-state index contributed by atoms with van der Waals surface area (Å²) in [6, 6.07) is 28.9. The summed E-state index contributed by atoms with van der Waals surface area (Å²) < 4.78 is 11.6. The van der Waals surface area contributed by atoms with Gasteiger partial charge in [-0.1, -0.05) is 84.4 Å². The summed E-state index contributed by atoms with van der Waals surface area (Å²) in [4.78, 5) is 13.0. The van der Waals surface area contributed by atoms with Crippen LogP contribution in [0.5, 0.6) is 11.5 Å². The number of halogens is 1. The van der Waals surface area contributed by atoms with Gasteiger partial charge < -0.3 is 9.47 Å². The Balaban J connectivity index is 1.52. The lowest BCUT2D eigenvalue weighted by molar-refractivity contribution is 0.103. The molecule has 0 saturated heterocycles. The van der Waals surface area contributed by atoms with E-state index in [1.807, 2.05) is 91.0 Å². The number of methoxy groups -OCH3 is 1. The molecular formula is C29H21ClO3. The summed E-state index contributed by atoms with van der Waals surface area (Å²) in [5.41, 5.74) is 6.16. The van der Waals surface area contributed by atoms with Crippen molar-refractivity contribution in [2.45, 2.75) is 6.61 Å². The second-order valence-corrected chi connectivity index (χ2v) is 8.18. The number of rotatable bonds is 5. The lowest BCUT2D eigenvalue weighted by atomic mass is 9.81. The van der Waals surface area contributed by atoms with Crippen LogP contribution in [0.3, 0.4) is 0 Å². The Labute approximate surface area is 197 Å². The Morgan fingerprint density at radius 3 is 2.00 bits per heavy atom. The number of carbonyl (C=O) groups is 1. The quantitative estimate of drug-likeness (QED) is 0.286. The third-order valence-corrected chi connectivity index (χ3v) is 6.13. The zero-order valence-electron chi connectivity index (χ0n) is 18.0. The van der Waals surface area contributed by atoms with Gasteiger partial charge in [-0.25, -0.2) is 0 Å². The zero-order chi connectivity index (χ0) is 22.8. The molecule has 0 saturated carbocycles. The van der Waals surface area contributed by atoms with E-state index in [4.69, 9.17) is 21.1 Å². The first-order valence-corrected chi connectivity index (χ1v) is 11.0. The van der Waals surface area contributed by atoms with E-state index in [0.29, 0.717) is 34.3 Å². The summed E-state index contributed by atoms with van der Waals surface area (Å²) in [7, 11) is 1.62. The molecule has 0 amide bonds. The van der Waals surface area contributed by atoms with E-state index in [9.17, 15) is 4.79 Å². The lowest BCUT2D eigenvalue weighted by Gasteiger charge is -2.21. The van der Waals surface area contributed by atoms with Crippen LogP contribution in [0.1, 0.15) is 38.2 Å². The van der Waals surface area contributed by atoms with Gasteiger partial charge in [-0.15, -0.1) is 0 Å². The van der Waals surface area contributed by atoms with Crippen LogP contribution in [0.4, 0.5) is 0 Å². The van der Waals surface area contributed by atoms with Crippen molar-refractivity contribution in [3.8, 4) is 11.5 Å². The predicted molar refractivity (Wildman–Crippen MR) is 132 cm³/mol. The third-order valence-electron chi connectivity index (χ3n) is 5.76. The number of ether oxygens (including phenoxy) is 2. The van der Waals surface area contributed by atoms with Crippen LogP contribution in [-0.4, -0.2) is 12.9 Å². The van der Waals surface area contributed by atoms with Gasteiger partial charge in [0.15, 0.2) is 17.3 Å². The maximum atomic E-state index is 13.0. The highest BCUT2D eigenvalue weighted by molar-refractivity contribution is 6.31. The molecular weight excluding hydrogens is 432 g/mol. The first kappa shape index (κ1) is 21.0. The number of fused-ring (bicyclic) bond motifs is 2. The molecule has 0 aromatic heterocycles. The molecule has 0 atom stereocenters. The fourth-order valence-electron chi connectivity index (χ4n) is 4.11. The minimum Gasteiger partial charge on any atom is -0.493 e. The van der Waals surface area contributed by atoms with Gasteiger partial charge in [0.05, 0.1) is 7.11 Å². The van der Waals surface area contributed by atoms with Crippen LogP contribution in [0.25, 0.3) is 11.6 Å². The highest BCUT2D eigenvalue weighted by Gasteiger charge is 2.26. The fourth-order valence-corrected chi connectivity index (χ4v) is 4.30. The Kier molecular flexibility index (Phi) is 5.72. The van der Waals surface area contributed by atoms with Crippen molar-refractivity contribution >= 4 is 29.0 Å². The van der Waals surface area contributed by atoms with Gasteiger partial charge in [-0.05, 0) is 46.5 Å². The first-order chi connectivity index (χ1) is 16.2. The summed E-state index contributed by atoms with van der Waals surface area (Å²) >= 11 is 6.25. The summed E-state index contributed by atoms with van der Waals surface area (Å²) in [5.74, 6) is 1.32. The molecule has 5 rings (SSSR count). The molecule has 0 spiro atoms. The van der Waals surface area contributed by atoms with E-state index in [2.05, 4.69) is 6.08 Å². The molecule has 3 nitrogen and oxygen atoms in total. The van der Waals surface area contributed by atoms with E-state index < -0.39 is 0 Å². The van der Waals surface area contributed by atoms with E-state index in [1.54, 1.807) is 7.11 Å². The van der Waals surface area contributed by atoms with Gasteiger partial charge >= 0.3 is 0 Å². The fraction of sp³-hybridized carbons (Fsp3) is 0.0690. The molecule has 33 heavy (non-hydrogen) atoms. The largest absolute Gasteiger partial charge is 0.493 e. The van der Waals surface area contributed by atoms with Crippen LogP contribution in [0.2, 0.25) is 5.02 Å². The van der Waals surface area contributed by atoms with Gasteiger partial charge in [-0.3, -0.25) is 4.79 Å². The maximum Gasteiger partial charge on any atom is 0.194 e. The van der Waals surface area contributed by atoms with Crippen molar-refractivity contribution in [3.63, 3.8) is 0 Å². The molecule has 162 valence electrons. The zero-order valence-corrected chi connectivity index (χ0v) is 18.8. The molecule has 0 bridgehead atoms. The van der Waals surface area contributed by atoms with Gasteiger partial charge in [0.2, 0.25) is 0 Å². The molecule has 4 aromatic carbocycles. The van der Waals surface area contributed by atoms with E-state index in [1.165, 1.54) is 0 Å². The van der Waals surface area contributed by atoms with E-state index in [0.717, 1.165) is 27.8 Å². The smallest absolute Gasteiger partial charge is 0.194 e. The molecule has 0 N–H and O–H groups in total. The van der Waals surface area contributed by atoms with Crippen LogP contribution in [0.15, 0.2) is 91.0 Å². The summed E-state index contributed by atoms with van der Waals surface area (Å²) in [6.07, 6.45) is 2.09. The number of hydrogen-bond acceptors (Lipinski definition) is 3. The van der Waals surface area contributed by atoms with Gasteiger partial charge in [0.1, 0.15) is 6.61 Å². The highest BCUT2D eigenvalue weighted by Crippen LogP contribution is 2.38. The lowest BCUT2D eigenvalue weighted by Crippen LogP contribution is -2.14. The molecule has 0 fully saturated rings. The number of carbonyl (C=O) groups excluding carboxylic acids is 1. The average molecular weight is 453 g/mol. The van der Waals surface area contributed by atoms with Gasteiger partial charge in [-0.2, -0.15) is 0 Å². The highest BCUT2D eigenvalue weighted by atomic mass is 35.5.